The van der Waals surface area contributed by atoms with Gasteiger partial charge in [-0.3, -0.25) is 9.59 Å². The van der Waals surface area contributed by atoms with E-state index in [1.165, 1.54) is 6.92 Å². The molecule has 0 aromatic carbocycles. The molecule has 0 saturated carbocycles. The lowest BCUT2D eigenvalue weighted by Gasteiger charge is -2.32. The zero-order valence-corrected chi connectivity index (χ0v) is 11.3. The second kappa shape index (κ2) is 6.00. The van der Waals surface area contributed by atoms with E-state index < -0.39 is 0 Å². The summed E-state index contributed by atoms with van der Waals surface area (Å²) < 4.78 is 0. The summed E-state index contributed by atoms with van der Waals surface area (Å²) in [6.07, 6.45) is 2.22. The second-order valence-corrected chi connectivity index (χ2v) is 5.64. The fraction of sp³-hybridized carbons (Fsp3) is 0.538. The molecule has 2 rings (SSSR count). The van der Waals surface area contributed by atoms with Gasteiger partial charge in [0.2, 0.25) is 11.8 Å². The van der Waals surface area contributed by atoms with E-state index in [9.17, 15) is 9.59 Å². The molecule has 1 saturated heterocycles. The number of carbonyl (C=O) groups is 2. The lowest BCUT2D eigenvalue weighted by molar-refractivity contribution is -0.131. The van der Waals surface area contributed by atoms with Gasteiger partial charge in [-0.1, -0.05) is 6.07 Å². The first kappa shape index (κ1) is 13.1. The van der Waals surface area contributed by atoms with Crippen molar-refractivity contribution >= 4 is 23.2 Å². The molecule has 0 bridgehead atoms. The van der Waals surface area contributed by atoms with E-state index in [1.54, 1.807) is 11.3 Å². The van der Waals surface area contributed by atoms with Crippen LogP contribution in [0.3, 0.4) is 0 Å². The topological polar surface area (TPSA) is 49.4 Å². The number of nitrogens with zero attached hydrogens (tertiary/aromatic N) is 1. The van der Waals surface area contributed by atoms with E-state index in [4.69, 9.17) is 0 Å². The lowest BCUT2D eigenvalue weighted by atomic mass is 10.0. The van der Waals surface area contributed by atoms with Gasteiger partial charge in [0.15, 0.2) is 0 Å². The maximum absolute atomic E-state index is 12.0. The standard InChI is InChI=1S/C13H18N2O2S/c1-10(16)14-11-4-6-15(7-5-11)13(17)9-12-3-2-8-18-12/h2-3,8,11H,4-7,9H2,1H3,(H,14,16). The molecule has 0 radical (unpaired) electrons. The van der Waals surface area contributed by atoms with Crippen LogP contribution in [-0.2, 0) is 16.0 Å². The Kier molecular flexibility index (Phi) is 4.36. The van der Waals surface area contributed by atoms with Gasteiger partial charge in [0, 0.05) is 30.9 Å². The number of thiophene rings is 1. The molecular formula is C13H18N2O2S. The average molecular weight is 266 g/mol. The first-order valence-corrected chi connectivity index (χ1v) is 7.10. The number of hydrogen-bond acceptors (Lipinski definition) is 3. The van der Waals surface area contributed by atoms with Crippen LogP contribution in [0.25, 0.3) is 0 Å². The molecule has 18 heavy (non-hydrogen) atoms. The minimum atomic E-state index is 0.0124. The molecule has 1 aliphatic heterocycles. The molecule has 2 amide bonds. The van der Waals surface area contributed by atoms with Crippen LogP contribution in [0.1, 0.15) is 24.6 Å². The van der Waals surface area contributed by atoms with E-state index in [0.717, 1.165) is 30.8 Å². The predicted octanol–water partition coefficient (Wildman–Crippen LogP) is 1.42. The molecule has 98 valence electrons. The summed E-state index contributed by atoms with van der Waals surface area (Å²) in [6.45, 7) is 3.03. The molecule has 1 fully saturated rings. The van der Waals surface area contributed by atoms with Gasteiger partial charge in [0.25, 0.3) is 0 Å². The highest BCUT2D eigenvalue weighted by molar-refractivity contribution is 7.10. The molecule has 0 atom stereocenters. The first-order valence-electron chi connectivity index (χ1n) is 6.22. The Morgan fingerprint density at radius 2 is 2.17 bits per heavy atom. The lowest BCUT2D eigenvalue weighted by Crippen LogP contribution is -2.46. The van der Waals surface area contributed by atoms with Gasteiger partial charge in [0.1, 0.15) is 0 Å². The summed E-state index contributed by atoms with van der Waals surface area (Å²) in [5, 5.41) is 4.90. The summed E-state index contributed by atoms with van der Waals surface area (Å²) in [6, 6.07) is 4.19. The number of amides is 2. The van der Waals surface area contributed by atoms with Crippen LogP contribution in [0, 0.1) is 0 Å². The number of piperidine rings is 1. The molecule has 1 N–H and O–H groups in total. The molecule has 0 spiro atoms. The summed E-state index contributed by atoms with van der Waals surface area (Å²) >= 11 is 1.62. The van der Waals surface area contributed by atoms with Gasteiger partial charge in [0.05, 0.1) is 6.42 Å². The quantitative estimate of drug-likeness (QED) is 0.899. The highest BCUT2D eigenvalue weighted by Gasteiger charge is 2.23. The van der Waals surface area contributed by atoms with Gasteiger partial charge < -0.3 is 10.2 Å². The van der Waals surface area contributed by atoms with Crippen molar-refractivity contribution in [2.24, 2.45) is 0 Å². The van der Waals surface area contributed by atoms with Gasteiger partial charge in [-0.25, -0.2) is 0 Å². The van der Waals surface area contributed by atoms with Crippen molar-refractivity contribution in [2.75, 3.05) is 13.1 Å². The molecule has 4 nitrogen and oxygen atoms in total. The maximum Gasteiger partial charge on any atom is 0.227 e. The molecule has 1 aromatic heterocycles. The number of nitrogens with one attached hydrogen (secondary N) is 1. The number of hydrogen-bond donors (Lipinski definition) is 1. The van der Waals surface area contributed by atoms with Gasteiger partial charge >= 0.3 is 0 Å². The minimum Gasteiger partial charge on any atom is -0.353 e. The molecule has 2 heterocycles. The Morgan fingerprint density at radius 3 is 2.72 bits per heavy atom. The van der Waals surface area contributed by atoms with E-state index in [0.29, 0.717) is 6.42 Å². The maximum atomic E-state index is 12.0. The SMILES string of the molecule is CC(=O)NC1CCN(C(=O)Cc2cccs2)CC1. The Bertz CT molecular complexity index is 409. The smallest absolute Gasteiger partial charge is 0.227 e. The monoisotopic (exact) mass is 266 g/mol. The van der Waals surface area contributed by atoms with Crippen molar-refractivity contribution < 1.29 is 9.59 Å². The summed E-state index contributed by atoms with van der Waals surface area (Å²) in [5.41, 5.74) is 0. The zero-order chi connectivity index (χ0) is 13.0. The third-order valence-corrected chi connectivity index (χ3v) is 4.04. The van der Waals surface area contributed by atoms with E-state index in [2.05, 4.69) is 5.32 Å². The Hall–Kier alpha value is -1.36. The fourth-order valence-corrected chi connectivity index (χ4v) is 2.93. The Balaban J connectivity index is 1.79. The molecule has 1 aromatic rings. The normalized spacial score (nSPS) is 16.6. The highest BCUT2D eigenvalue weighted by Crippen LogP contribution is 2.14. The van der Waals surface area contributed by atoms with E-state index in [-0.39, 0.29) is 17.9 Å². The summed E-state index contributed by atoms with van der Waals surface area (Å²) in [4.78, 5) is 26.0. The van der Waals surface area contributed by atoms with Crippen LogP contribution in [0.5, 0.6) is 0 Å². The van der Waals surface area contributed by atoms with E-state index in [1.807, 2.05) is 22.4 Å². The predicted molar refractivity (Wildman–Crippen MR) is 71.4 cm³/mol. The minimum absolute atomic E-state index is 0.0124. The van der Waals surface area contributed by atoms with Gasteiger partial charge in [-0.2, -0.15) is 0 Å². The van der Waals surface area contributed by atoms with Crippen LogP contribution in [-0.4, -0.2) is 35.8 Å². The average Bonchev–Trinajstić information content (AvgIpc) is 2.82. The Morgan fingerprint density at radius 1 is 1.44 bits per heavy atom. The van der Waals surface area contributed by atoms with Crippen molar-refractivity contribution in [3.8, 4) is 0 Å². The largest absolute Gasteiger partial charge is 0.353 e. The van der Waals surface area contributed by atoms with Crippen LogP contribution in [0.4, 0.5) is 0 Å². The van der Waals surface area contributed by atoms with Gasteiger partial charge in [-0.05, 0) is 24.3 Å². The van der Waals surface area contributed by atoms with Crippen LogP contribution < -0.4 is 5.32 Å². The summed E-state index contributed by atoms with van der Waals surface area (Å²) in [5.74, 6) is 0.206. The van der Waals surface area contributed by atoms with Crippen molar-refractivity contribution in [2.45, 2.75) is 32.2 Å². The van der Waals surface area contributed by atoms with Crippen LogP contribution in [0.2, 0.25) is 0 Å². The zero-order valence-electron chi connectivity index (χ0n) is 10.5. The van der Waals surface area contributed by atoms with Crippen LogP contribution >= 0.6 is 11.3 Å². The van der Waals surface area contributed by atoms with Crippen LogP contribution in [0.15, 0.2) is 17.5 Å². The third kappa shape index (κ3) is 3.57. The van der Waals surface area contributed by atoms with Gasteiger partial charge in [-0.15, -0.1) is 11.3 Å². The van der Waals surface area contributed by atoms with Crippen molar-refractivity contribution in [3.05, 3.63) is 22.4 Å². The van der Waals surface area contributed by atoms with E-state index >= 15 is 0 Å². The molecular weight excluding hydrogens is 248 g/mol. The number of rotatable bonds is 3. The number of carbonyl (C=O) groups excluding carboxylic acids is 2. The molecule has 0 aliphatic carbocycles. The fourth-order valence-electron chi connectivity index (χ4n) is 2.23. The highest BCUT2D eigenvalue weighted by atomic mass is 32.1. The number of likely N-dealkylation sites (tertiary alicyclic amines) is 1. The molecule has 0 unspecified atom stereocenters. The van der Waals surface area contributed by atoms with Crippen molar-refractivity contribution in [3.63, 3.8) is 0 Å². The molecule has 1 aliphatic rings. The summed E-state index contributed by atoms with van der Waals surface area (Å²) in [7, 11) is 0. The third-order valence-electron chi connectivity index (χ3n) is 3.16. The first-order chi connectivity index (χ1) is 8.65. The Labute approximate surface area is 111 Å². The molecule has 5 heteroatoms. The van der Waals surface area contributed by atoms with Crippen molar-refractivity contribution in [1.29, 1.82) is 0 Å². The second-order valence-electron chi connectivity index (χ2n) is 4.61. The van der Waals surface area contributed by atoms with Crippen molar-refractivity contribution in [1.82, 2.24) is 10.2 Å².